The lowest BCUT2D eigenvalue weighted by molar-refractivity contribution is -0.118. The van der Waals surface area contributed by atoms with Gasteiger partial charge in [0.05, 0.1) is 11.7 Å². The van der Waals surface area contributed by atoms with Gasteiger partial charge < -0.3 is 11.1 Å². The fraction of sp³-hybridized carbons (Fsp3) is 0.400. The second kappa shape index (κ2) is 6.49. The second-order valence-corrected chi connectivity index (χ2v) is 5.19. The predicted octanol–water partition coefficient (Wildman–Crippen LogP) is 2.09. The van der Waals surface area contributed by atoms with Crippen LogP contribution in [0.4, 0.5) is 5.69 Å². The molecular weight excluding hydrogens is 266 g/mol. The fourth-order valence-electron chi connectivity index (χ4n) is 1.98. The molecule has 1 aromatic heterocycles. The number of hydrogen-bond donors (Lipinski definition) is 3. The molecule has 0 unspecified atom stereocenters. The van der Waals surface area contributed by atoms with E-state index >= 15 is 0 Å². The van der Waals surface area contributed by atoms with Gasteiger partial charge in [-0.05, 0) is 25.0 Å². The summed E-state index contributed by atoms with van der Waals surface area (Å²) in [6, 6.07) is 6.89. The van der Waals surface area contributed by atoms with Crippen molar-refractivity contribution in [3.05, 3.63) is 30.1 Å². The Hall–Kier alpha value is -2.21. The number of benzene rings is 1. The Labute approximate surface area is 124 Å². The first kappa shape index (κ1) is 15.2. The Bertz CT molecular complexity index is 622. The number of amides is 1. The monoisotopic (exact) mass is 287 g/mol. The van der Waals surface area contributed by atoms with E-state index in [4.69, 9.17) is 5.73 Å². The maximum absolute atomic E-state index is 12.2. The summed E-state index contributed by atoms with van der Waals surface area (Å²) < 4.78 is 0. The summed E-state index contributed by atoms with van der Waals surface area (Å²) in [5.41, 5.74) is 7.40. The molecule has 6 nitrogen and oxygen atoms in total. The highest BCUT2D eigenvalue weighted by Crippen LogP contribution is 2.25. The number of para-hydroxylation sites is 1. The van der Waals surface area contributed by atoms with Gasteiger partial charge in [0.25, 0.3) is 0 Å². The molecule has 2 aromatic rings. The average molecular weight is 287 g/mol. The molecule has 0 aliphatic rings. The van der Waals surface area contributed by atoms with Crippen molar-refractivity contribution in [3.8, 4) is 11.4 Å². The van der Waals surface area contributed by atoms with Crippen molar-refractivity contribution in [2.24, 2.45) is 11.7 Å². The van der Waals surface area contributed by atoms with Gasteiger partial charge in [-0.1, -0.05) is 32.4 Å². The number of nitrogens with two attached hydrogens (primary N) is 1. The van der Waals surface area contributed by atoms with E-state index in [9.17, 15) is 4.79 Å². The minimum atomic E-state index is -0.531. The number of carbonyl (C=O) groups is 1. The van der Waals surface area contributed by atoms with Gasteiger partial charge in [0.1, 0.15) is 5.82 Å². The zero-order valence-electron chi connectivity index (χ0n) is 12.6. The molecule has 112 valence electrons. The van der Waals surface area contributed by atoms with Crippen molar-refractivity contribution in [2.75, 3.05) is 5.32 Å². The summed E-state index contributed by atoms with van der Waals surface area (Å²) in [7, 11) is 0. The zero-order valence-corrected chi connectivity index (χ0v) is 12.6. The van der Waals surface area contributed by atoms with Crippen molar-refractivity contribution in [2.45, 2.75) is 33.2 Å². The normalized spacial score (nSPS) is 13.7. The summed E-state index contributed by atoms with van der Waals surface area (Å²) >= 11 is 0. The molecule has 0 fully saturated rings. The molecule has 0 saturated carbocycles. The summed E-state index contributed by atoms with van der Waals surface area (Å²) in [4.78, 5) is 16.5. The molecule has 2 atom stereocenters. The second-order valence-electron chi connectivity index (χ2n) is 5.19. The molecule has 6 heteroatoms. The highest BCUT2D eigenvalue weighted by Gasteiger charge is 2.20. The number of aryl methyl sites for hydroxylation is 1. The number of nitrogens with zero attached hydrogens (tertiary/aromatic N) is 2. The molecule has 0 spiro atoms. The number of hydrogen-bond acceptors (Lipinski definition) is 4. The lowest BCUT2D eigenvalue weighted by Crippen LogP contribution is -2.40. The minimum absolute atomic E-state index is 0.128. The van der Waals surface area contributed by atoms with Gasteiger partial charge in [-0.15, -0.1) is 0 Å². The third-order valence-corrected chi connectivity index (χ3v) is 3.58. The van der Waals surface area contributed by atoms with Gasteiger partial charge in [-0.2, -0.15) is 5.10 Å². The Morgan fingerprint density at radius 2 is 2.14 bits per heavy atom. The first-order valence-corrected chi connectivity index (χ1v) is 7.07. The topological polar surface area (TPSA) is 96.7 Å². The highest BCUT2D eigenvalue weighted by molar-refractivity contribution is 5.97. The number of rotatable bonds is 5. The molecule has 0 saturated heterocycles. The number of anilines is 1. The van der Waals surface area contributed by atoms with Crippen LogP contribution in [0.15, 0.2) is 24.3 Å². The summed E-state index contributed by atoms with van der Waals surface area (Å²) in [5, 5.41) is 9.81. The summed E-state index contributed by atoms with van der Waals surface area (Å²) in [6.07, 6.45) is 0.857. The maximum Gasteiger partial charge on any atom is 0.241 e. The largest absolute Gasteiger partial charge is 0.324 e. The number of nitrogens with one attached hydrogen (secondary N) is 2. The Morgan fingerprint density at radius 3 is 2.76 bits per heavy atom. The van der Waals surface area contributed by atoms with Gasteiger partial charge >= 0.3 is 0 Å². The van der Waals surface area contributed by atoms with E-state index in [-0.39, 0.29) is 11.8 Å². The van der Waals surface area contributed by atoms with Crippen LogP contribution in [0.2, 0.25) is 0 Å². The Morgan fingerprint density at radius 1 is 1.43 bits per heavy atom. The van der Waals surface area contributed by atoms with E-state index < -0.39 is 6.04 Å². The van der Waals surface area contributed by atoms with Crippen LogP contribution in [0.3, 0.4) is 0 Å². The van der Waals surface area contributed by atoms with E-state index in [1.54, 1.807) is 0 Å². The van der Waals surface area contributed by atoms with Crippen LogP contribution in [0.25, 0.3) is 11.4 Å². The standard InChI is InChI=1S/C15H21N5O/c1-4-9(2)13(16)15(21)18-12-8-6-5-7-11(12)14-17-10(3)19-20-14/h5-9,13H,4,16H2,1-3H3,(H,18,21)(H,17,19,20)/t9-,13-/m0/s1. The molecule has 0 aliphatic heterocycles. The number of carbonyl (C=O) groups excluding carboxylic acids is 1. The third-order valence-electron chi connectivity index (χ3n) is 3.58. The Kier molecular flexibility index (Phi) is 4.70. The molecular formula is C15H21N5O. The smallest absolute Gasteiger partial charge is 0.241 e. The zero-order chi connectivity index (χ0) is 15.4. The van der Waals surface area contributed by atoms with Crippen molar-refractivity contribution in [3.63, 3.8) is 0 Å². The predicted molar refractivity (Wildman–Crippen MR) is 82.6 cm³/mol. The maximum atomic E-state index is 12.2. The van der Waals surface area contributed by atoms with Gasteiger partial charge in [0.2, 0.25) is 5.91 Å². The molecule has 0 radical (unpaired) electrons. The van der Waals surface area contributed by atoms with Crippen LogP contribution >= 0.6 is 0 Å². The van der Waals surface area contributed by atoms with Crippen LogP contribution in [0, 0.1) is 12.8 Å². The highest BCUT2D eigenvalue weighted by atomic mass is 16.2. The van der Waals surface area contributed by atoms with Crippen LogP contribution < -0.4 is 11.1 Å². The van der Waals surface area contributed by atoms with Gasteiger partial charge in [0, 0.05) is 5.56 Å². The molecule has 1 aromatic carbocycles. The number of aromatic amines is 1. The lowest BCUT2D eigenvalue weighted by Gasteiger charge is -2.18. The van der Waals surface area contributed by atoms with E-state index in [1.165, 1.54) is 0 Å². The van der Waals surface area contributed by atoms with E-state index in [0.29, 0.717) is 11.5 Å². The minimum Gasteiger partial charge on any atom is -0.324 e. The summed E-state index contributed by atoms with van der Waals surface area (Å²) in [6.45, 7) is 5.81. The van der Waals surface area contributed by atoms with Crippen LogP contribution in [0.5, 0.6) is 0 Å². The van der Waals surface area contributed by atoms with Crippen LogP contribution in [-0.2, 0) is 4.79 Å². The molecule has 1 heterocycles. The van der Waals surface area contributed by atoms with Crippen molar-refractivity contribution < 1.29 is 4.79 Å². The van der Waals surface area contributed by atoms with E-state index in [1.807, 2.05) is 45.0 Å². The van der Waals surface area contributed by atoms with Crippen molar-refractivity contribution in [1.82, 2.24) is 15.2 Å². The molecule has 0 aliphatic carbocycles. The van der Waals surface area contributed by atoms with Gasteiger partial charge in [0.15, 0.2) is 5.82 Å². The lowest BCUT2D eigenvalue weighted by atomic mass is 9.99. The molecule has 21 heavy (non-hydrogen) atoms. The van der Waals surface area contributed by atoms with Gasteiger partial charge in [-0.25, -0.2) is 4.98 Å². The van der Waals surface area contributed by atoms with Gasteiger partial charge in [-0.3, -0.25) is 9.89 Å². The molecule has 1 amide bonds. The molecule has 0 bridgehead atoms. The quantitative estimate of drug-likeness (QED) is 0.784. The third kappa shape index (κ3) is 3.46. The van der Waals surface area contributed by atoms with Crippen LogP contribution in [0.1, 0.15) is 26.1 Å². The number of aromatic nitrogens is 3. The fourth-order valence-corrected chi connectivity index (χ4v) is 1.98. The summed E-state index contributed by atoms with van der Waals surface area (Å²) in [5.74, 6) is 1.22. The molecule has 2 rings (SSSR count). The first-order valence-electron chi connectivity index (χ1n) is 7.07. The van der Waals surface area contributed by atoms with E-state index in [2.05, 4.69) is 20.5 Å². The molecule has 4 N–H and O–H groups in total. The van der Waals surface area contributed by atoms with Crippen molar-refractivity contribution in [1.29, 1.82) is 0 Å². The van der Waals surface area contributed by atoms with Crippen molar-refractivity contribution >= 4 is 11.6 Å². The SMILES string of the molecule is CC[C@H](C)[C@H](N)C(=O)Nc1ccccc1-c1n[nH]c(C)n1. The van der Waals surface area contributed by atoms with Crippen LogP contribution in [-0.4, -0.2) is 27.1 Å². The Balaban J connectivity index is 2.23. The van der Waals surface area contributed by atoms with E-state index in [0.717, 1.165) is 17.8 Å². The first-order chi connectivity index (χ1) is 10.0. The number of H-pyrrole nitrogens is 1. The average Bonchev–Trinajstić information content (AvgIpc) is 2.92.